The molecular weight excluding hydrogens is 288 g/mol. The van der Waals surface area contributed by atoms with Gasteiger partial charge < -0.3 is 9.84 Å². The van der Waals surface area contributed by atoms with E-state index in [0.29, 0.717) is 16.3 Å². The Morgan fingerprint density at radius 1 is 1.29 bits per heavy atom. The molecule has 0 bridgehead atoms. The average molecular weight is 309 g/mol. The Morgan fingerprint density at radius 3 is 2.52 bits per heavy atom. The van der Waals surface area contributed by atoms with Crippen molar-refractivity contribution in [2.24, 2.45) is 7.05 Å². The van der Waals surface area contributed by atoms with Crippen LogP contribution in [0.3, 0.4) is 0 Å². The molecule has 4 nitrogen and oxygen atoms in total. The number of halogens is 1. The van der Waals surface area contributed by atoms with Gasteiger partial charge in [-0.15, -0.1) is 0 Å². The highest BCUT2D eigenvalue weighted by Crippen LogP contribution is 2.36. The summed E-state index contributed by atoms with van der Waals surface area (Å²) in [6.07, 6.45) is 1.01. The Morgan fingerprint density at radius 2 is 1.95 bits per heavy atom. The number of aliphatic hydroxyl groups is 1. The summed E-state index contributed by atoms with van der Waals surface area (Å²) >= 11 is 6.05. The molecule has 1 aromatic carbocycles. The molecule has 1 aromatic heterocycles. The van der Waals surface area contributed by atoms with Gasteiger partial charge in [0.15, 0.2) is 0 Å². The lowest BCUT2D eigenvalue weighted by atomic mass is 9.86. The lowest BCUT2D eigenvalue weighted by molar-refractivity contribution is 0.212. The van der Waals surface area contributed by atoms with E-state index in [2.05, 4.69) is 25.9 Å². The molecule has 0 spiro atoms. The van der Waals surface area contributed by atoms with Gasteiger partial charge >= 0.3 is 0 Å². The lowest BCUT2D eigenvalue weighted by Crippen LogP contribution is -2.16. The molecule has 0 amide bonds. The summed E-state index contributed by atoms with van der Waals surface area (Å²) < 4.78 is 7.05. The van der Waals surface area contributed by atoms with Crippen LogP contribution in [-0.4, -0.2) is 22.0 Å². The fraction of sp³-hybridized carbons (Fsp3) is 0.438. The van der Waals surface area contributed by atoms with Crippen LogP contribution in [-0.2, 0) is 12.5 Å². The zero-order valence-corrected chi connectivity index (χ0v) is 13.8. The van der Waals surface area contributed by atoms with Crippen LogP contribution in [0.2, 0.25) is 5.02 Å². The molecule has 1 atom stereocenters. The van der Waals surface area contributed by atoms with Crippen LogP contribution in [0.1, 0.15) is 43.7 Å². The number of methoxy groups -OCH3 is 1. The molecule has 0 radical (unpaired) electrons. The maximum atomic E-state index is 10.8. The largest absolute Gasteiger partial charge is 0.496 e. The van der Waals surface area contributed by atoms with Crippen LogP contribution in [0.5, 0.6) is 5.75 Å². The van der Waals surface area contributed by atoms with Gasteiger partial charge in [0, 0.05) is 34.8 Å². The van der Waals surface area contributed by atoms with Crippen molar-refractivity contribution in [1.29, 1.82) is 0 Å². The first kappa shape index (κ1) is 15.9. The number of rotatable bonds is 3. The van der Waals surface area contributed by atoms with Gasteiger partial charge in [0.1, 0.15) is 11.9 Å². The number of hydrogen-bond acceptors (Lipinski definition) is 3. The Balaban J connectivity index is 2.55. The third-order valence-corrected chi connectivity index (χ3v) is 3.58. The smallest absolute Gasteiger partial charge is 0.125 e. The predicted molar refractivity (Wildman–Crippen MR) is 84.0 cm³/mol. The van der Waals surface area contributed by atoms with Gasteiger partial charge in [-0.2, -0.15) is 5.10 Å². The number of nitrogens with zero attached hydrogens (tertiary/aromatic N) is 2. The quantitative estimate of drug-likeness (QED) is 0.944. The SMILES string of the molecule is COc1ccc(Cl)cc1C(O)c1cn(C)nc1C(C)(C)C. The number of ether oxygens (including phenoxy) is 1. The molecule has 1 heterocycles. The Kier molecular flexibility index (Phi) is 4.30. The third kappa shape index (κ3) is 3.22. The molecule has 0 aliphatic heterocycles. The maximum Gasteiger partial charge on any atom is 0.125 e. The maximum absolute atomic E-state index is 10.8. The molecule has 21 heavy (non-hydrogen) atoms. The van der Waals surface area contributed by atoms with Crippen molar-refractivity contribution in [3.8, 4) is 5.75 Å². The molecular formula is C16H21ClN2O2. The highest BCUT2D eigenvalue weighted by Gasteiger charge is 2.28. The molecule has 2 aromatic rings. The summed E-state index contributed by atoms with van der Waals surface area (Å²) in [6.45, 7) is 6.21. The van der Waals surface area contributed by atoms with E-state index in [1.165, 1.54) is 0 Å². The van der Waals surface area contributed by atoms with Crippen LogP contribution in [0.25, 0.3) is 0 Å². The van der Waals surface area contributed by atoms with Gasteiger partial charge in [-0.25, -0.2) is 0 Å². The van der Waals surface area contributed by atoms with E-state index in [0.717, 1.165) is 11.3 Å². The first-order chi connectivity index (χ1) is 9.74. The highest BCUT2D eigenvalue weighted by atomic mass is 35.5. The lowest BCUT2D eigenvalue weighted by Gasteiger charge is -2.21. The van der Waals surface area contributed by atoms with Gasteiger partial charge in [0.2, 0.25) is 0 Å². The molecule has 1 N–H and O–H groups in total. The van der Waals surface area contributed by atoms with E-state index in [4.69, 9.17) is 16.3 Å². The van der Waals surface area contributed by atoms with Gasteiger partial charge in [-0.3, -0.25) is 4.68 Å². The van der Waals surface area contributed by atoms with Gasteiger partial charge in [-0.05, 0) is 18.2 Å². The summed E-state index contributed by atoms with van der Waals surface area (Å²) in [5.74, 6) is 0.607. The molecule has 2 rings (SSSR count). The molecule has 0 aliphatic carbocycles. The van der Waals surface area contributed by atoms with Crippen molar-refractivity contribution in [2.75, 3.05) is 7.11 Å². The minimum absolute atomic E-state index is 0.163. The number of benzene rings is 1. The van der Waals surface area contributed by atoms with Crippen LogP contribution in [0, 0.1) is 0 Å². The topological polar surface area (TPSA) is 47.3 Å². The molecule has 1 unspecified atom stereocenters. The second-order valence-electron chi connectivity index (χ2n) is 6.15. The summed E-state index contributed by atoms with van der Waals surface area (Å²) in [7, 11) is 3.42. The number of aryl methyl sites for hydroxylation is 1. The van der Waals surface area contributed by atoms with Crippen molar-refractivity contribution in [1.82, 2.24) is 9.78 Å². The first-order valence-corrected chi connectivity index (χ1v) is 7.17. The Bertz CT molecular complexity index is 644. The van der Waals surface area contributed by atoms with E-state index in [9.17, 15) is 5.11 Å². The molecule has 0 aliphatic rings. The van der Waals surface area contributed by atoms with Crippen molar-refractivity contribution in [2.45, 2.75) is 32.3 Å². The van der Waals surface area contributed by atoms with Gasteiger partial charge in [0.25, 0.3) is 0 Å². The van der Waals surface area contributed by atoms with E-state index < -0.39 is 6.10 Å². The number of hydrogen-bond donors (Lipinski definition) is 1. The van der Waals surface area contributed by atoms with Crippen molar-refractivity contribution >= 4 is 11.6 Å². The summed E-state index contributed by atoms with van der Waals surface area (Å²) in [4.78, 5) is 0. The van der Waals surface area contributed by atoms with Crippen molar-refractivity contribution in [3.05, 3.63) is 46.2 Å². The Labute approximate surface area is 130 Å². The molecule has 0 saturated carbocycles. The van der Waals surface area contributed by atoms with Crippen LogP contribution in [0.15, 0.2) is 24.4 Å². The van der Waals surface area contributed by atoms with Crippen LogP contribution < -0.4 is 4.74 Å². The molecule has 114 valence electrons. The normalized spacial score (nSPS) is 13.3. The second kappa shape index (κ2) is 5.70. The minimum Gasteiger partial charge on any atom is -0.496 e. The van der Waals surface area contributed by atoms with Crippen molar-refractivity contribution < 1.29 is 9.84 Å². The zero-order chi connectivity index (χ0) is 15.8. The van der Waals surface area contributed by atoms with Gasteiger partial charge in [-0.1, -0.05) is 32.4 Å². The summed E-state index contributed by atoms with van der Waals surface area (Å²) in [6, 6.07) is 5.23. The predicted octanol–water partition coefficient (Wildman–Crippen LogP) is 3.46. The second-order valence-corrected chi connectivity index (χ2v) is 6.58. The van der Waals surface area contributed by atoms with E-state index in [1.807, 2.05) is 13.2 Å². The molecule has 0 saturated heterocycles. The molecule has 0 fully saturated rings. The van der Waals surface area contributed by atoms with Crippen LogP contribution in [0.4, 0.5) is 0 Å². The fourth-order valence-electron chi connectivity index (χ4n) is 2.38. The number of aromatic nitrogens is 2. The van der Waals surface area contributed by atoms with Crippen LogP contribution >= 0.6 is 11.6 Å². The third-order valence-electron chi connectivity index (χ3n) is 3.35. The zero-order valence-electron chi connectivity index (χ0n) is 13.0. The minimum atomic E-state index is -0.832. The summed E-state index contributed by atoms with van der Waals surface area (Å²) in [5.41, 5.74) is 2.11. The summed E-state index contributed by atoms with van der Waals surface area (Å²) in [5, 5.41) is 15.8. The van der Waals surface area contributed by atoms with Crippen molar-refractivity contribution in [3.63, 3.8) is 0 Å². The standard InChI is InChI=1S/C16H21ClN2O2/c1-16(2,3)15-12(9-19(4)18-15)14(20)11-8-10(17)6-7-13(11)21-5/h6-9,14,20H,1-5H3. The average Bonchev–Trinajstić information content (AvgIpc) is 2.80. The van der Waals surface area contributed by atoms with Gasteiger partial charge in [0.05, 0.1) is 12.8 Å². The first-order valence-electron chi connectivity index (χ1n) is 6.79. The van der Waals surface area contributed by atoms with E-state index >= 15 is 0 Å². The van der Waals surface area contributed by atoms with E-state index in [1.54, 1.807) is 30.0 Å². The van der Waals surface area contributed by atoms with E-state index in [-0.39, 0.29) is 5.41 Å². The fourth-order valence-corrected chi connectivity index (χ4v) is 2.56. The highest BCUT2D eigenvalue weighted by molar-refractivity contribution is 6.30. The monoisotopic (exact) mass is 308 g/mol. The molecule has 5 heteroatoms. The number of aliphatic hydroxyl groups excluding tert-OH is 1. The Hall–Kier alpha value is -1.52.